The van der Waals surface area contributed by atoms with Crippen LogP contribution in [0.15, 0.2) is 63.9 Å². The molecule has 0 unspecified atom stereocenters. The molecule has 8 heterocycles. The maximum atomic E-state index is 8.95. The molecule has 0 bridgehead atoms. The third-order valence-electron chi connectivity index (χ3n) is 11.7. The first-order chi connectivity index (χ1) is 31.7. The van der Waals surface area contributed by atoms with Crippen LogP contribution in [0.1, 0.15) is 95.3 Å². The van der Waals surface area contributed by atoms with E-state index in [1.807, 2.05) is 79.8 Å². The molecule has 5 fully saturated rings. The zero-order chi connectivity index (χ0) is 49.5. The van der Waals surface area contributed by atoms with E-state index in [0.29, 0.717) is 17.2 Å². The first kappa shape index (κ1) is 67.9. The molecule has 0 amide bonds. The van der Waals surface area contributed by atoms with Crippen molar-refractivity contribution in [3.05, 3.63) is 69.1 Å². The Hall–Kier alpha value is 0.838. The number of halogens is 3. The molecule has 69 heavy (non-hydrogen) atoms. The van der Waals surface area contributed by atoms with Crippen LogP contribution < -0.4 is 123 Å². The van der Waals surface area contributed by atoms with Crippen LogP contribution in [0.3, 0.4) is 0 Å². The van der Waals surface area contributed by atoms with Crippen molar-refractivity contribution in [1.82, 2.24) is 15.0 Å². The van der Waals surface area contributed by atoms with Gasteiger partial charge in [-0.25, -0.2) is 15.0 Å². The van der Waals surface area contributed by atoms with Crippen molar-refractivity contribution < 1.29 is 162 Å². The Morgan fingerprint density at radius 3 is 1.33 bits per heavy atom. The fourth-order valence-electron chi connectivity index (χ4n) is 6.46. The second-order valence-corrected chi connectivity index (χ2v) is 20.1. The summed E-state index contributed by atoms with van der Waals surface area (Å²) in [5.74, 6) is 1.90. The molecule has 2 N–H and O–H groups in total. The smallest absolute Gasteiger partial charge is 1.00 e. The van der Waals surface area contributed by atoms with Crippen LogP contribution in [0.25, 0.3) is 0 Å². The third-order valence-corrected chi connectivity index (χ3v) is 12.9. The Labute approximate surface area is 519 Å². The van der Waals surface area contributed by atoms with E-state index >= 15 is 0 Å². The van der Waals surface area contributed by atoms with Gasteiger partial charge in [-0.05, 0) is 143 Å². The van der Waals surface area contributed by atoms with Gasteiger partial charge in [-0.1, -0.05) is 30.5 Å². The summed E-state index contributed by atoms with van der Waals surface area (Å²) in [6.45, 7) is 24.9. The zero-order valence-corrected chi connectivity index (χ0v) is 52.3. The van der Waals surface area contributed by atoms with E-state index in [1.54, 1.807) is 24.4 Å². The van der Waals surface area contributed by atoms with Crippen LogP contribution in [0.2, 0.25) is 5.15 Å². The first-order valence-electron chi connectivity index (χ1n) is 22.6. The van der Waals surface area contributed by atoms with Crippen molar-refractivity contribution in [3.8, 4) is 0 Å². The van der Waals surface area contributed by atoms with Gasteiger partial charge in [0.2, 0.25) is 0 Å². The molecular formula is C44H69B3Br2ClK2N5O12. The van der Waals surface area contributed by atoms with Gasteiger partial charge in [0.05, 0.1) is 35.6 Å². The Balaban J connectivity index is 0.000000851. The SMILES string of the molecule is Brc1ccc(N2CCCOCC2)nc1.C1CCCOCC1.CC1(C)OB(B2OC(C)(C)C(C)(C)O2)OC1(C)C.Clc1ccc(Br)cn1.O=CO[O-].OB(O)c1ccc(N2CCCOCC2)nc1.[H-].[K+].[K+]. The topological polar surface area (TPSA) is 200 Å². The largest absolute Gasteiger partial charge is 1.00 e. The van der Waals surface area contributed by atoms with Crippen molar-refractivity contribution in [2.75, 3.05) is 75.6 Å². The Morgan fingerprint density at radius 2 is 1.00 bits per heavy atom. The minimum Gasteiger partial charge on any atom is -1.00 e. The molecule has 3 aromatic rings. The van der Waals surface area contributed by atoms with Gasteiger partial charge in [0.1, 0.15) is 16.8 Å². The van der Waals surface area contributed by atoms with Gasteiger partial charge in [0.25, 0.3) is 6.47 Å². The molecule has 0 atom stereocenters. The van der Waals surface area contributed by atoms with Gasteiger partial charge in [-0.3, -0.25) is 4.79 Å². The fourth-order valence-corrected chi connectivity index (χ4v) is 7.04. The maximum Gasteiger partial charge on any atom is 1.00 e. The summed E-state index contributed by atoms with van der Waals surface area (Å²) in [6.07, 6.45) is 12.4. The molecule has 17 nitrogen and oxygen atoms in total. The third kappa shape index (κ3) is 25.0. The normalized spacial score (nSPS) is 19.7. The molecule has 3 aromatic heterocycles. The first-order valence-corrected chi connectivity index (χ1v) is 24.6. The van der Waals surface area contributed by atoms with Crippen molar-refractivity contribution >= 4 is 88.2 Å². The Kier molecular flexibility index (Phi) is 34.6. The van der Waals surface area contributed by atoms with Gasteiger partial charge in [0.15, 0.2) is 0 Å². The summed E-state index contributed by atoms with van der Waals surface area (Å²) in [5, 5.41) is 26.9. The van der Waals surface area contributed by atoms with Crippen molar-refractivity contribution in [3.63, 3.8) is 0 Å². The standard InChI is InChI=1S/C12H24B2O4.C10H15BN2O3.C10H13BrN2O.C6H12O.C5H3BrClN.CH2O3.2K.H/c1-9(2)10(3,4)16-13(15-9)14-17-11(5,6)12(7,8)18-14;14-11(15)9-2-3-10(12-8-9)13-4-1-6-16-7-5-13;11-9-2-3-10(12-8-9)13-4-1-6-14-7-5-13;1-2-4-6-7-5-3-1;6-4-1-2-5(7)8-3-4;2-1-4-3;;;/h1-8H3;2-3,8,14-15H,1,4-7H2;2-3,8H,1,4-7H2;1-6H2;1-3H;1,3H;;;/q;;;;;;2*+1;-1/p-1. The number of aromatic nitrogens is 3. The van der Waals surface area contributed by atoms with Crippen LogP contribution in [0.5, 0.6) is 0 Å². The summed E-state index contributed by atoms with van der Waals surface area (Å²) in [4.78, 5) is 28.0. The summed E-state index contributed by atoms with van der Waals surface area (Å²) in [5.41, 5.74) is -1.03. The molecular weight excluding hydrogens is 1100 g/mol. The van der Waals surface area contributed by atoms with E-state index in [1.165, 1.54) is 31.9 Å². The second-order valence-electron chi connectivity index (χ2n) is 17.8. The monoisotopic (exact) mass is 1160 g/mol. The molecule has 0 radical (unpaired) electrons. The number of nitrogens with zero attached hydrogens (tertiary/aromatic N) is 5. The van der Waals surface area contributed by atoms with E-state index in [2.05, 4.69) is 61.5 Å². The number of carbonyl (C=O) groups excluding carboxylic acids is 1. The quantitative estimate of drug-likeness (QED) is 0.113. The summed E-state index contributed by atoms with van der Waals surface area (Å²) in [6, 6.07) is 11.1. The molecule has 8 rings (SSSR count). The van der Waals surface area contributed by atoms with Crippen LogP contribution >= 0.6 is 43.5 Å². The Morgan fingerprint density at radius 1 is 0.623 bits per heavy atom. The maximum absolute atomic E-state index is 8.95. The molecule has 5 aliphatic rings. The van der Waals surface area contributed by atoms with Gasteiger partial charge in [0, 0.05) is 85.6 Å². The van der Waals surface area contributed by atoms with E-state index in [-0.39, 0.29) is 133 Å². The predicted molar refractivity (Wildman–Crippen MR) is 268 cm³/mol. The van der Waals surface area contributed by atoms with Gasteiger partial charge in [-0.15, -0.1) is 0 Å². The molecule has 0 saturated carbocycles. The Bertz CT molecular complexity index is 1730. The van der Waals surface area contributed by atoms with E-state index < -0.39 is 21.1 Å². The zero-order valence-electron chi connectivity index (χ0n) is 43.2. The molecule has 5 aliphatic heterocycles. The van der Waals surface area contributed by atoms with Crippen LogP contribution in [-0.4, -0.2) is 141 Å². The summed E-state index contributed by atoms with van der Waals surface area (Å²) >= 11 is 12.1. The average Bonchev–Trinajstić information content (AvgIpc) is 3.70. The molecule has 0 spiro atoms. The van der Waals surface area contributed by atoms with Gasteiger partial charge in [-0.2, -0.15) is 0 Å². The van der Waals surface area contributed by atoms with E-state index in [4.69, 9.17) is 64.5 Å². The number of hydrogen-bond acceptors (Lipinski definition) is 17. The van der Waals surface area contributed by atoms with Crippen LogP contribution in [-0.2, 0) is 42.5 Å². The number of anilines is 2. The molecule has 0 aliphatic carbocycles. The minimum absolute atomic E-state index is 0. The number of pyridine rings is 3. The van der Waals surface area contributed by atoms with Crippen LogP contribution in [0.4, 0.5) is 11.6 Å². The van der Waals surface area contributed by atoms with E-state index in [9.17, 15) is 0 Å². The average molecular weight is 1170 g/mol. The van der Waals surface area contributed by atoms with Crippen LogP contribution in [0, 0.1) is 0 Å². The minimum atomic E-state index is -1.45. The van der Waals surface area contributed by atoms with Gasteiger partial charge < -0.3 is 64.2 Å². The van der Waals surface area contributed by atoms with E-state index in [0.717, 1.165) is 92.6 Å². The fraction of sp³-hybridized carbons (Fsp3) is 0.636. The molecule has 0 aromatic carbocycles. The molecule has 25 heteroatoms. The molecule has 374 valence electrons. The number of ether oxygens (including phenoxy) is 3. The summed E-state index contributed by atoms with van der Waals surface area (Å²) < 4.78 is 41.8. The second kappa shape index (κ2) is 35.2. The number of hydrogen-bond donors (Lipinski definition) is 2. The number of rotatable bonds is 5. The predicted octanol–water partition coefficient (Wildman–Crippen LogP) is -0.0622. The van der Waals surface area contributed by atoms with Gasteiger partial charge >= 0.3 is 124 Å². The van der Waals surface area contributed by atoms with Crippen molar-refractivity contribution in [1.29, 1.82) is 0 Å². The molecule has 5 saturated heterocycles. The summed E-state index contributed by atoms with van der Waals surface area (Å²) in [7, 11) is -2.40. The number of carbonyl (C=O) groups is 1. The van der Waals surface area contributed by atoms with Crippen molar-refractivity contribution in [2.24, 2.45) is 0 Å². The van der Waals surface area contributed by atoms with Crippen molar-refractivity contribution in [2.45, 2.75) is 116 Å².